The van der Waals surface area contributed by atoms with E-state index < -0.39 is 0 Å². The minimum atomic E-state index is 0.0552. The predicted molar refractivity (Wildman–Crippen MR) is 109 cm³/mol. The molecule has 0 bridgehead atoms. The van der Waals surface area contributed by atoms with Crippen LogP contribution < -0.4 is 4.74 Å². The summed E-state index contributed by atoms with van der Waals surface area (Å²) in [5.74, 6) is 0.874. The second-order valence-corrected chi connectivity index (χ2v) is 7.93. The number of hydrogen-bond acceptors (Lipinski definition) is 4. The van der Waals surface area contributed by atoms with Crippen LogP contribution in [0.3, 0.4) is 0 Å². The zero-order valence-electron chi connectivity index (χ0n) is 14.7. The summed E-state index contributed by atoms with van der Waals surface area (Å²) in [6, 6.07) is 17.3. The smallest absolute Gasteiger partial charge is 0.265 e. The fourth-order valence-corrected chi connectivity index (χ4v) is 4.14. The van der Waals surface area contributed by atoms with Crippen molar-refractivity contribution in [3.63, 3.8) is 0 Å². The zero-order chi connectivity index (χ0) is 18.6. The molecule has 2 aromatic carbocycles. The topological polar surface area (TPSA) is 42.4 Å². The van der Waals surface area contributed by atoms with Gasteiger partial charge in [0.25, 0.3) is 5.91 Å². The number of likely N-dealkylation sites (tertiary alicyclic amines) is 1. The first-order valence-corrected chi connectivity index (χ1v) is 10.1. The van der Waals surface area contributed by atoms with E-state index in [-0.39, 0.29) is 12.0 Å². The van der Waals surface area contributed by atoms with Crippen molar-refractivity contribution in [2.75, 3.05) is 13.1 Å². The molecule has 1 fully saturated rings. The number of rotatable bonds is 4. The van der Waals surface area contributed by atoms with Gasteiger partial charge >= 0.3 is 0 Å². The molecule has 27 heavy (non-hydrogen) atoms. The first kappa shape index (κ1) is 18.0. The fourth-order valence-electron chi connectivity index (χ4n) is 3.13. The van der Waals surface area contributed by atoms with Gasteiger partial charge in [-0.25, -0.2) is 4.98 Å². The Morgan fingerprint density at radius 2 is 1.78 bits per heavy atom. The molecule has 0 radical (unpaired) electrons. The molecular weight excluding hydrogens is 380 g/mol. The van der Waals surface area contributed by atoms with Crippen LogP contribution in [-0.4, -0.2) is 35.0 Å². The number of carbonyl (C=O) groups is 1. The normalized spacial score (nSPS) is 14.9. The molecule has 0 unspecified atom stereocenters. The average molecular weight is 399 g/mol. The Labute approximate surface area is 167 Å². The summed E-state index contributed by atoms with van der Waals surface area (Å²) >= 11 is 7.35. The largest absolute Gasteiger partial charge is 0.490 e. The second kappa shape index (κ2) is 8.11. The van der Waals surface area contributed by atoms with Crippen LogP contribution in [0, 0.1) is 0 Å². The Hall–Kier alpha value is -2.37. The van der Waals surface area contributed by atoms with Crippen molar-refractivity contribution in [3.05, 3.63) is 70.7 Å². The number of aromatic nitrogens is 1. The Balaban J connectivity index is 1.35. The van der Waals surface area contributed by atoms with Crippen molar-refractivity contribution in [2.45, 2.75) is 18.9 Å². The first-order chi connectivity index (χ1) is 13.2. The molecule has 1 saturated heterocycles. The molecule has 4 rings (SSSR count). The molecule has 1 amide bonds. The Morgan fingerprint density at radius 3 is 2.48 bits per heavy atom. The number of ether oxygens (including phenoxy) is 1. The second-order valence-electron chi connectivity index (χ2n) is 6.46. The lowest BCUT2D eigenvalue weighted by Gasteiger charge is -2.31. The minimum absolute atomic E-state index is 0.0552. The maximum Gasteiger partial charge on any atom is 0.265 e. The molecule has 0 spiro atoms. The van der Waals surface area contributed by atoms with Gasteiger partial charge in [0.2, 0.25) is 0 Å². The maximum absolute atomic E-state index is 12.8. The number of nitrogens with zero attached hydrogens (tertiary/aromatic N) is 2. The lowest BCUT2D eigenvalue weighted by atomic mass is 10.1. The predicted octanol–water partition coefficient (Wildman–Crippen LogP) is 5.15. The lowest BCUT2D eigenvalue weighted by Crippen LogP contribution is -2.41. The van der Waals surface area contributed by atoms with Gasteiger partial charge in [-0.3, -0.25) is 4.79 Å². The van der Waals surface area contributed by atoms with E-state index in [1.54, 1.807) is 6.20 Å². The zero-order valence-corrected chi connectivity index (χ0v) is 16.2. The van der Waals surface area contributed by atoms with Crippen molar-refractivity contribution in [1.82, 2.24) is 9.88 Å². The van der Waals surface area contributed by atoms with Crippen molar-refractivity contribution in [3.8, 4) is 16.3 Å². The van der Waals surface area contributed by atoms with Crippen LogP contribution in [0.15, 0.2) is 60.8 Å². The number of piperidine rings is 1. The molecule has 1 aromatic heterocycles. The van der Waals surface area contributed by atoms with Gasteiger partial charge < -0.3 is 9.64 Å². The SMILES string of the molecule is O=C(c1cnc(-c2ccccc2)s1)N1CCC(Oc2ccc(Cl)cc2)CC1. The fraction of sp³-hybridized carbons (Fsp3) is 0.238. The van der Waals surface area contributed by atoms with Gasteiger partial charge in [0.1, 0.15) is 21.7 Å². The quantitative estimate of drug-likeness (QED) is 0.610. The Kier molecular flexibility index (Phi) is 5.41. The maximum atomic E-state index is 12.8. The summed E-state index contributed by atoms with van der Waals surface area (Å²) in [6.07, 6.45) is 3.44. The summed E-state index contributed by atoms with van der Waals surface area (Å²) in [5, 5.41) is 1.57. The molecule has 4 nitrogen and oxygen atoms in total. The van der Waals surface area contributed by atoms with Gasteiger partial charge in [-0.2, -0.15) is 0 Å². The molecular formula is C21H19ClN2O2S. The van der Waals surface area contributed by atoms with Crippen molar-refractivity contribution >= 4 is 28.8 Å². The van der Waals surface area contributed by atoms with Gasteiger partial charge in [-0.05, 0) is 24.3 Å². The molecule has 0 saturated carbocycles. The molecule has 1 aliphatic heterocycles. The van der Waals surface area contributed by atoms with Crippen LogP contribution in [0.5, 0.6) is 5.75 Å². The van der Waals surface area contributed by atoms with Crippen molar-refractivity contribution in [1.29, 1.82) is 0 Å². The van der Waals surface area contributed by atoms with Gasteiger partial charge in [0.15, 0.2) is 0 Å². The van der Waals surface area contributed by atoms with E-state index >= 15 is 0 Å². The third-order valence-electron chi connectivity index (χ3n) is 4.58. The van der Waals surface area contributed by atoms with Crippen LogP contribution in [-0.2, 0) is 0 Å². The van der Waals surface area contributed by atoms with Crippen LogP contribution >= 0.6 is 22.9 Å². The summed E-state index contributed by atoms with van der Waals surface area (Å²) in [6.45, 7) is 1.38. The lowest BCUT2D eigenvalue weighted by molar-refractivity contribution is 0.0600. The van der Waals surface area contributed by atoms with E-state index in [0.29, 0.717) is 23.0 Å². The third-order valence-corrected chi connectivity index (χ3v) is 5.87. The van der Waals surface area contributed by atoms with Gasteiger partial charge in [0.05, 0.1) is 6.20 Å². The molecule has 3 aromatic rings. The number of benzene rings is 2. The van der Waals surface area contributed by atoms with Gasteiger partial charge in [-0.1, -0.05) is 41.9 Å². The highest BCUT2D eigenvalue weighted by Crippen LogP contribution is 2.27. The minimum Gasteiger partial charge on any atom is -0.490 e. The highest BCUT2D eigenvalue weighted by molar-refractivity contribution is 7.16. The Bertz CT molecular complexity index is 903. The molecule has 2 heterocycles. The third kappa shape index (κ3) is 4.31. The van der Waals surface area contributed by atoms with Crippen LogP contribution in [0.2, 0.25) is 5.02 Å². The van der Waals surface area contributed by atoms with E-state index in [0.717, 1.165) is 29.2 Å². The van der Waals surface area contributed by atoms with Crippen LogP contribution in [0.25, 0.3) is 10.6 Å². The van der Waals surface area contributed by atoms with Crippen molar-refractivity contribution < 1.29 is 9.53 Å². The highest BCUT2D eigenvalue weighted by atomic mass is 35.5. The Morgan fingerprint density at radius 1 is 1.07 bits per heavy atom. The number of carbonyl (C=O) groups excluding carboxylic acids is 1. The van der Waals surface area contributed by atoms with E-state index in [1.165, 1.54) is 11.3 Å². The highest BCUT2D eigenvalue weighted by Gasteiger charge is 2.26. The summed E-state index contributed by atoms with van der Waals surface area (Å²) in [5.41, 5.74) is 1.04. The van der Waals surface area contributed by atoms with E-state index in [2.05, 4.69) is 4.98 Å². The van der Waals surface area contributed by atoms with E-state index in [4.69, 9.17) is 16.3 Å². The molecule has 6 heteroatoms. The monoisotopic (exact) mass is 398 g/mol. The molecule has 138 valence electrons. The number of thiazole rings is 1. The van der Waals surface area contributed by atoms with Gasteiger partial charge in [-0.15, -0.1) is 11.3 Å². The number of hydrogen-bond donors (Lipinski definition) is 0. The molecule has 1 aliphatic rings. The van der Waals surface area contributed by atoms with Crippen LogP contribution in [0.4, 0.5) is 0 Å². The van der Waals surface area contributed by atoms with Crippen LogP contribution in [0.1, 0.15) is 22.5 Å². The van der Waals surface area contributed by atoms with Crippen molar-refractivity contribution in [2.24, 2.45) is 0 Å². The number of amides is 1. The summed E-state index contributed by atoms with van der Waals surface area (Å²) in [4.78, 5) is 19.8. The molecule has 0 aliphatic carbocycles. The first-order valence-electron chi connectivity index (χ1n) is 8.92. The van der Waals surface area contributed by atoms with Gasteiger partial charge in [0, 0.05) is 36.5 Å². The standard InChI is InChI=1S/C21H19ClN2O2S/c22-16-6-8-17(9-7-16)26-18-10-12-24(13-11-18)21(25)19-14-23-20(27-19)15-4-2-1-3-5-15/h1-9,14,18H,10-13H2. The van der Waals surface area contributed by atoms with E-state index in [1.807, 2.05) is 59.5 Å². The molecule has 0 atom stereocenters. The molecule has 0 N–H and O–H groups in total. The number of halogens is 1. The van der Waals surface area contributed by atoms with E-state index in [9.17, 15) is 4.79 Å². The summed E-state index contributed by atoms with van der Waals surface area (Å²) < 4.78 is 6.00. The average Bonchev–Trinajstić information content (AvgIpc) is 3.21. The summed E-state index contributed by atoms with van der Waals surface area (Å²) in [7, 11) is 0.